The Labute approximate surface area is 183 Å². The fraction of sp³-hybridized carbons (Fsp3) is 0. The van der Waals surface area contributed by atoms with E-state index >= 15 is 0 Å². The molecule has 0 radical (unpaired) electrons. The lowest BCUT2D eigenvalue weighted by atomic mass is 10.1. The number of benzene rings is 2. The number of imide groups is 2. The maximum absolute atomic E-state index is 12.9. The number of halogens is 1. The normalized spacial score (nSPS) is 15.3. The summed E-state index contributed by atoms with van der Waals surface area (Å²) in [7, 11) is 0. The SMILES string of the molecule is O=C1NC(=O)N(c2ccc(Br)cc2)C(=O)/C1=C/c1ccc(-c2ccccc2C(=O)O)o1. The molecule has 1 fully saturated rings. The van der Waals surface area contributed by atoms with Gasteiger partial charge >= 0.3 is 12.0 Å². The second kappa shape index (κ2) is 8.04. The zero-order valence-corrected chi connectivity index (χ0v) is 17.3. The zero-order valence-electron chi connectivity index (χ0n) is 15.7. The van der Waals surface area contributed by atoms with Gasteiger partial charge in [-0.25, -0.2) is 14.5 Å². The van der Waals surface area contributed by atoms with Gasteiger partial charge in [-0.15, -0.1) is 0 Å². The van der Waals surface area contributed by atoms with Crippen LogP contribution in [0.15, 0.2) is 75.1 Å². The van der Waals surface area contributed by atoms with Crippen LogP contribution < -0.4 is 10.2 Å². The highest BCUT2D eigenvalue weighted by Gasteiger charge is 2.37. The van der Waals surface area contributed by atoms with Gasteiger partial charge in [0.15, 0.2) is 0 Å². The molecule has 0 spiro atoms. The Morgan fingerprint density at radius 3 is 2.42 bits per heavy atom. The molecule has 1 aliphatic rings. The molecule has 2 N–H and O–H groups in total. The Morgan fingerprint density at radius 1 is 1.00 bits per heavy atom. The van der Waals surface area contributed by atoms with Gasteiger partial charge in [-0.2, -0.15) is 0 Å². The molecule has 4 rings (SSSR count). The van der Waals surface area contributed by atoms with Gasteiger partial charge in [-0.05, 0) is 48.5 Å². The third-order valence-electron chi connectivity index (χ3n) is 4.52. The Hall–Kier alpha value is -3.98. The Balaban J connectivity index is 1.69. The maximum Gasteiger partial charge on any atom is 0.336 e. The number of nitrogens with one attached hydrogen (secondary N) is 1. The summed E-state index contributed by atoms with van der Waals surface area (Å²) in [6.45, 7) is 0. The van der Waals surface area contributed by atoms with Crippen LogP contribution in [0.25, 0.3) is 17.4 Å². The third kappa shape index (κ3) is 3.90. The van der Waals surface area contributed by atoms with Crippen LogP contribution in [0.1, 0.15) is 16.1 Å². The second-order valence-electron chi connectivity index (χ2n) is 6.49. The molecule has 9 heteroatoms. The van der Waals surface area contributed by atoms with Crippen molar-refractivity contribution in [1.29, 1.82) is 0 Å². The van der Waals surface area contributed by atoms with Crippen molar-refractivity contribution in [1.82, 2.24) is 5.32 Å². The molecule has 154 valence electrons. The molecule has 1 saturated heterocycles. The van der Waals surface area contributed by atoms with Crippen molar-refractivity contribution in [2.75, 3.05) is 4.90 Å². The van der Waals surface area contributed by atoms with Crippen LogP contribution in [0.4, 0.5) is 10.5 Å². The number of carbonyl (C=O) groups excluding carboxylic acids is 3. The van der Waals surface area contributed by atoms with Crippen molar-refractivity contribution in [2.45, 2.75) is 0 Å². The molecule has 0 saturated carbocycles. The van der Waals surface area contributed by atoms with Crippen LogP contribution >= 0.6 is 15.9 Å². The lowest BCUT2D eigenvalue weighted by molar-refractivity contribution is -0.122. The van der Waals surface area contributed by atoms with Crippen molar-refractivity contribution >= 4 is 51.5 Å². The average Bonchev–Trinajstić information content (AvgIpc) is 3.21. The number of nitrogens with zero attached hydrogens (tertiary/aromatic N) is 1. The first-order valence-corrected chi connectivity index (χ1v) is 9.74. The van der Waals surface area contributed by atoms with E-state index in [0.29, 0.717) is 11.3 Å². The largest absolute Gasteiger partial charge is 0.478 e. The highest BCUT2D eigenvalue weighted by atomic mass is 79.9. The van der Waals surface area contributed by atoms with Crippen LogP contribution in [-0.4, -0.2) is 28.9 Å². The lowest BCUT2D eigenvalue weighted by Gasteiger charge is -2.26. The van der Waals surface area contributed by atoms with Crippen molar-refractivity contribution in [2.24, 2.45) is 0 Å². The molecule has 8 nitrogen and oxygen atoms in total. The summed E-state index contributed by atoms with van der Waals surface area (Å²) < 4.78 is 6.42. The number of carbonyl (C=O) groups is 4. The number of barbiturate groups is 1. The number of urea groups is 1. The van der Waals surface area contributed by atoms with E-state index in [1.54, 1.807) is 42.5 Å². The van der Waals surface area contributed by atoms with Crippen molar-refractivity contribution in [3.05, 3.63) is 82.0 Å². The topological polar surface area (TPSA) is 117 Å². The quantitative estimate of drug-likeness (QED) is 0.429. The molecule has 31 heavy (non-hydrogen) atoms. The van der Waals surface area contributed by atoms with Gasteiger partial charge in [-0.3, -0.25) is 14.9 Å². The molecule has 1 aliphatic heterocycles. The van der Waals surface area contributed by atoms with Gasteiger partial charge in [0.25, 0.3) is 11.8 Å². The number of rotatable bonds is 4. The van der Waals surface area contributed by atoms with Crippen molar-refractivity contribution in [3.8, 4) is 11.3 Å². The predicted octanol–water partition coefficient (Wildman–Crippen LogP) is 4.07. The standard InChI is InChI=1S/C22H13BrN2O6/c23-12-5-7-13(8-6-12)25-20(27)17(19(26)24-22(25)30)11-14-9-10-18(31-14)15-3-1-2-4-16(15)21(28)29/h1-11H,(H,28,29)(H,24,26,30)/b17-11+. The Bertz CT molecular complexity index is 1260. The fourth-order valence-corrected chi connectivity index (χ4v) is 3.35. The smallest absolute Gasteiger partial charge is 0.336 e. The number of carboxylic acid groups (broad SMARTS) is 1. The number of aromatic carboxylic acids is 1. The first kappa shape index (κ1) is 20.3. The number of hydrogen-bond acceptors (Lipinski definition) is 5. The summed E-state index contributed by atoms with van der Waals surface area (Å²) in [5, 5.41) is 11.5. The molecular formula is C22H13BrN2O6. The molecule has 1 aromatic heterocycles. The Kier molecular flexibility index (Phi) is 5.26. The highest BCUT2D eigenvalue weighted by molar-refractivity contribution is 9.10. The first-order chi connectivity index (χ1) is 14.8. The van der Waals surface area contributed by atoms with Crippen molar-refractivity contribution < 1.29 is 28.7 Å². The monoisotopic (exact) mass is 480 g/mol. The summed E-state index contributed by atoms with van der Waals surface area (Å²) >= 11 is 3.28. The van der Waals surface area contributed by atoms with E-state index < -0.39 is 23.8 Å². The average molecular weight is 481 g/mol. The lowest BCUT2D eigenvalue weighted by Crippen LogP contribution is -2.54. The molecular weight excluding hydrogens is 468 g/mol. The molecule has 0 atom stereocenters. The molecule has 0 unspecified atom stereocenters. The van der Waals surface area contributed by atoms with Gasteiger partial charge < -0.3 is 9.52 Å². The summed E-state index contributed by atoms with van der Waals surface area (Å²) in [4.78, 5) is 49.7. The van der Waals surface area contributed by atoms with Gasteiger partial charge in [0.1, 0.15) is 17.1 Å². The summed E-state index contributed by atoms with van der Waals surface area (Å²) in [5.74, 6) is -2.36. The van der Waals surface area contributed by atoms with Crippen molar-refractivity contribution in [3.63, 3.8) is 0 Å². The Morgan fingerprint density at radius 2 is 1.71 bits per heavy atom. The van der Waals surface area contributed by atoms with Crippen LogP contribution in [0.2, 0.25) is 0 Å². The van der Waals surface area contributed by atoms with E-state index in [0.717, 1.165) is 9.37 Å². The highest BCUT2D eigenvalue weighted by Crippen LogP contribution is 2.28. The van der Waals surface area contributed by atoms with E-state index in [2.05, 4.69) is 21.2 Å². The molecule has 2 aromatic carbocycles. The molecule has 3 aromatic rings. The minimum absolute atomic E-state index is 0.0505. The first-order valence-electron chi connectivity index (χ1n) is 8.94. The van der Waals surface area contributed by atoms with E-state index in [-0.39, 0.29) is 22.7 Å². The number of anilines is 1. The predicted molar refractivity (Wildman–Crippen MR) is 114 cm³/mol. The summed E-state index contributed by atoms with van der Waals surface area (Å²) in [6.07, 6.45) is 1.21. The van der Waals surface area contributed by atoms with Crippen LogP contribution in [0, 0.1) is 0 Å². The zero-order chi connectivity index (χ0) is 22.1. The molecule has 0 aliphatic carbocycles. The van der Waals surface area contributed by atoms with E-state index in [1.807, 2.05) is 0 Å². The second-order valence-corrected chi connectivity index (χ2v) is 7.40. The van der Waals surface area contributed by atoms with Gasteiger partial charge in [0.2, 0.25) is 0 Å². The van der Waals surface area contributed by atoms with Crippen LogP contribution in [-0.2, 0) is 9.59 Å². The summed E-state index contributed by atoms with van der Waals surface area (Å²) in [6, 6.07) is 14.9. The van der Waals surface area contributed by atoms with E-state index in [9.17, 15) is 24.3 Å². The third-order valence-corrected chi connectivity index (χ3v) is 5.05. The maximum atomic E-state index is 12.9. The van der Waals surface area contributed by atoms with E-state index in [4.69, 9.17) is 4.42 Å². The number of hydrogen-bond donors (Lipinski definition) is 2. The van der Waals surface area contributed by atoms with Gasteiger partial charge in [0, 0.05) is 10.0 Å². The molecule has 4 amide bonds. The number of amides is 4. The van der Waals surface area contributed by atoms with Gasteiger partial charge in [0.05, 0.1) is 11.3 Å². The number of furan rings is 1. The van der Waals surface area contributed by atoms with Crippen LogP contribution in [0.5, 0.6) is 0 Å². The summed E-state index contributed by atoms with van der Waals surface area (Å²) in [5.41, 5.74) is 0.398. The van der Waals surface area contributed by atoms with E-state index in [1.165, 1.54) is 24.3 Å². The minimum Gasteiger partial charge on any atom is -0.478 e. The van der Waals surface area contributed by atoms with Gasteiger partial charge in [-0.1, -0.05) is 34.1 Å². The fourth-order valence-electron chi connectivity index (χ4n) is 3.08. The molecule has 2 heterocycles. The van der Waals surface area contributed by atoms with Crippen LogP contribution in [0.3, 0.4) is 0 Å². The molecule has 0 bridgehead atoms. The minimum atomic E-state index is -1.11. The number of carboxylic acids is 1.